The number of carbonyl (C=O) groups excluding carboxylic acids is 1. The van der Waals surface area contributed by atoms with Crippen LogP contribution in [0.2, 0.25) is 0 Å². The SMILES string of the molecule is O=C(Nc1ccn([C@H]2CC[C@@H](CO)O2)c(=O)n1)Oc1ccccc1. The van der Waals surface area contributed by atoms with Gasteiger partial charge in [0.2, 0.25) is 0 Å². The van der Waals surface area contributed by atoms with Crippen molar-refractivity contribution in [3.63, 3.8) is 0 Å². The lowest BCUT2D eigenvalue weighted by atomic mass is 10.2. The van der Waals surface area contributed by atoms with Crippen LogP contribution < -0.4 is 15.7 Å². The molecule has 1 aromatic carbocycles. The van der Waals surface area contributed by atoms with Gasteiger partial charge in [-0.05, 0) is 31.0 Å². The van der Waals surface area contributed by atoms with Crippen molar-refractivity contribution in [3.05, 3.63) is 53.1 Å². The van der Waals surface area contributed by atoms with Gasteiger partial charge >= 0.3 is 11.8 Å². The molecule has 0 bridgehead atoms. The van der Waals surface area contributed by atoms with Crippen LogP contribution in [0.1, 0.15) is 19.1 Å². The zero-order chi connectivity index (χ0) is 16.9. The molecular weight excluding hydrogens is 314 g/mol. The van der Waals surface area contributed by atoms with E-state index in [-0.39, 0.29) is 18.5 Å². The van der Waals surface area contributed by atoms with Gasteiger partial charge < -0.3 is 14.6 Å². The minimum absolute atomic E-state index is 0.0797. The molecule has 8 heteroatoms. The van der Waals surface area contributed by atoms with Crippen molar-refractivity contribution in [2.45, 2.75) is 25.2 Å². The predicted octanol–water partition coefficient (Wildman–Crippen LogP) is 1.52. The lowest BCUT2D eigenvalue weighted by Gasteiger charge is -2.14. The summed E-state index contributed by atoms with van der Waals surface area (Å²) in [7, 11) is 0. The fourth-order valence-corrected chi connectivity index (χ4v) is 2.45. The summed E-state index contributed by atoms with van der Waals surface area (Å²) in [5, 5.41) is 11.5. The van der Waals surface area contributed by atoms with Crippen molar-refractivity contribution >= 4 is 11.9 Å². The summed E-state index contributed by atoms with van der Waals surface area (Å²) in [6, 6.07) is 10.0. The maximum absolute atomic E-state index is 12.1. The van der Waals surface area contributed by atoms with E-state index in [2.05, 4.69) is 10.3 Å². The molecule has 1 saturated heterocycles. The summed E-state index contributed by atoms with van der Waals surface area (Å²) in [5.41, 5.74) is -0.545. The number of amides is 1. The Morgan fingerprint density at radius 3 is 2.79 bits per heavy atom. The van der Waals surface area contributed by atoms with Crippen molar-refractivity contribution in [1.29, 1.82) is 0 Å². The summed E-state index contributed by atoms with van der Waals surface area (Å²) in [5.74, 6) is 0.478. The molecule has 2 atom stereocenters. The van der Waals surface area contributed by atoms with Crippen LogP contribution in [0.4, 0.5) is 10.6 Å². The third-order valence-electron chi connectivity index (χ3n) is 3.61. The molecule has 126 valence electrons. The molecule has 2 heterocycles. The van der Waals surface area contributed by atoms with E-state index >= 15 is 0 Å². The number of aliphatic hydroxyl groups excluding tert-OH is 1. The van der Waals surface area contributed by atoms with Gasteiger partial charge in [0.1, 0.15) is 17.8 Å². The number of para-hydroxylation sites is 1. The number of hydrogen-bond donors (Lipinski definition) is 2. The normalized spacial score (nSPS) is 19.9. The minimum atomic E-state index is -0.733. The molecule has 1 amide bonds. The van der Waals surface area contributed by atoms with Gasteiger partial charge in [0.05, 0.1) is 12.7 Å². The standard InChI is InChI=1S/C16H17N3O5/c20-10-12-6-7-14(23-12)19-9-8-13(17-15(19)21)18-16(22)24-11-4-2-1-3-5-11/h1-5,8-9,12,14,20H,6-7,10H2,(H,17,18,21,22)/t12-,14+/m0/s1. The van der Waals surface area contributed by atoms with Crippen LogP contribution in [0.5, 0.6) is 5.75 Å². The van der Waals surface area contributed by atoms with Gasteiger partial charge in [-0.2, -0.15) is 4.98 Å². The number of benzene rings is 1. The second kappa shape index (κ2) is 7.24. The molecule has 1 aliphatic heterocycles. The van der Waals surface area contributed by atoms with Gasteiger partial charge in [-0.15, -0.1) is 0 Å². The number of hydrogen-bond acceptors (Lipinski definition) is 6. The number of rotatable bonds is 4. The number of carbonyl (C=O) groups is 1. The Morgan fingerprint density at radius 2 is 2.12 bits per heavy atom. The van der Waals surface area contributed by atoms with Crippen molar-refractivity contribution < 1.29 is 19.4 Å². The smallest absolute Gasteiger partial charge is 0.410 e. The summed E-state index contributed by atoms with van der Waals surface area (Å²) < 4.78 is 11.9. The van der Waals surface area contributed by atoms with E-state index < -0.39 is 18.0 Å². The van der Waals surface area contributed by atoms with Crippen LogP contribution in [0.25, 0.3) is 0 Å². The number of nitrogens with one attached hydrogen (secondary N) is 1. The Hall–Kier alpha value is -2.71. The second-order valence-corrected chi connectivity index (χ2v) is 5.30. The van der Waals surface area contributed by atoms with Gasteiger partial charge in [0, 0.05) is 6.20 Å². The summed E-state index contributed by atoms with van der Waals surface area (Å²) >= 11 is 0. The fraction of sp³-hybridized carbons (Fsp3) is 0.312. The maximum atomic E-state index is 12.1. The molecule has 1 aliphatic rings. The Labute approximate surface area is 137 Å². The topological polar surface area (TPSA) is 103 Å². The van der Waals surface area contributed by atoms with E-state index in [1.54, 1.807) is 30.3 Å². The van der Waals surface area contributed by atoms with Crippen LogP contribution in [0.15, 0.2) is 47.4 Å². The third kappa shape index (κ3) is 3.79. The molecular formula is C16H17N3O5. The first-order chi connectivity index (χ1) is 11.7. The monoisotopic (exact) mass is 331 g/mol. The number of nitrogens with zero attached hydrogens (tertiary/aromatic N) is 2. The highest BCUT2D eigenvalue weighted by Gasteiger charge is 2.26. The van der Waals surface area contributed by atoms with Crippen LogP contribution >= 0.6 is 0 Å². The highest BCUT2D eigenvalue weighted by Crippen LogP contribution is 2.26. The van der Waals surface area contributed by atoms with E-state index in [4.69, 9.17) is 14.6 Å². The number of anilines is 1. The number of ether oxygens (including phenoxy) is 2. The molecule has 24 heavy (non-hydrogen) atoms. The first-order valence-electron chi connectivity index (χ1n) is 7.55. The second-order valence-electron chi connectivity index (χ2n) is 5.30. The molecule has 3 rings (SSSR count). The average molecular weight is 331 g/mol. The molecule has 0 unspecified atom stereocenters. The summed E-state index contributed by atoms with van der Waals surface area (Å²) in [4.78, 5) is 27.7. The average Bonchev–Trinajstić information content (AvgIpc) is 3.04. The van der Waals surface area contributed by atoms with Crippen LogP contribution in [0, 0.1) is 0 Å². The zero-order valence-corrected chi connectivity index (χ0v) is 12.8. The van der Waals surface area contributed by atoms with Gasteiger partial charge in [0.15, 0.2) is 0 Å². The molecule has 1 aromatic heterocycles. The van der Waals surface area contributed by atoms with E-state index in [0.717, 1.165) is 0 Å². The highest BCUT2D eigenvalue weighted by atomic mass is 16.6. The Bertz CT molecular complexity index is 762. The molecule has 1 fully saturated rings. The zero-order valence-electron chi connectivity index (χ0n) is 12.8. The van der Waals surface area contributed by atoms with E-state index in [9.17, 15) is 9.59 Å². The highest BCUT2D eigenvalue weighted by molar-refractivity contribution is 5.84. The first-order valence-corrected chi connectivity index (χ1v) is 7.55. The summed E-state index contributed by atoms with van der Waals surface area (Å²) in [6.07, 6.45) is 1.35. The molecule has 0 saturated carbocycles. The van der Waals surface area contributed by atoms with E-state index in [0.29, 0.717) is 18.6 Å². The van der Waals surface area contributed by atoms with Gasteiger partial charge in [0.25, 0.3) is 0 Å². The fourth-order valence-electron chi connectivity index (χ4n) is 2.45. The number of aliphatic hydroxyl groups is 1. The van der Waals surface area contributed by atoms with Crippen molar-refractivity contribution in [2.75, 3.05) is 11.9 Å². The molecule has 0 spiro atoms. The number of aromatic nitrogens is 2. The third-order valence-corrected chi connectivity index (χ3v) is 3.61. The Morgan fingerprint density at radius 1 is 1.33 bits per heavy atom. The van der Waals surface area contributed by atoms with E-state index in [1.165, 1.54) is 16.8 Å². The molecule has 2 aromatic rings. The molecule has 2 N–H and O–H groups in total. The van der Waals surface area contributed by atoms with Crippen LogP contribution in [0.3, 0.4) is 0 Å². The van der Waals surface area contributed by atoms with Crippen molar-refractivity contribution in [3.8, 4) is 5.75 Å². The Balaban J connectivity index is 1.64. The minimum Gasteiger partial charge on any atom is -0.410 e. The maximum Gasteiger partial charge on any atom is 0.418 e. The molecule has 0 radical (unpaired) electrons. The molecule has 8 nitrogen and oxygen atoms in total. The van der Waals surface area contributed by atoms with Crippen LogP contribution in [-0.4, -0.2) is 33.5 Å². The predicted molar refractivity (Wildman–Crippen MR) is 84.8 cm³/mol. The first kappa shape index (κ1) is 16.2. The van der Waals surface area contributed by atoms with Crippen molar-refractivity contribution in [2.24, 2.45) is 0 Å². The van der Waals surface area contributed by atoms with Crippen molar-refractivity contribution in [1.82, 2.24) is 9.55 Å². The summed E-state index contributed by atoms with van der Waals surface area (Å²) in [6.45, 7) is -0.0797. The molecule has 0 aliphatic carbocycles. The Kier molecular flexibility index (Phi) is 4.88. The van der Waals surface area contributed by atoms with Crippen LogP contribution in [-0.2, 0) is 4.74 Å². The largest absolute Gasteiger partial charge is 0.418 e. The lowest BCUT2D eigenvalue weighted by Crippen LogP contribution is -2.29. The lowest BCUT2D eigenvalue weighted by molar-refractivity contribution is -0.0245. The quantitative estimate of drug-likeness (QED) is 0.880. The van der Waals surface area contributed by atoms with Gasteiger partial charge in [-0.3, -0.25) is 9.88 Å². The van der Waals surface area contributed by atoms with E-state index in [1.807, 2.05) is 0 Å². The van der Waals surface area contributed by atoms with Gasteiger partial charge in [-0.1, -0.05) is 18.2 Å². The van der Waals surface area contributed by atoms with Gasteiger partial charge in [-0.25, -0.2) is 9.59 Å².